The molecule has 2 aromatic heterocycles. The zero-order valence-electron chi connectivity index (χ0n) is 14.3. The van der Waals surface area contributed by atoms with Gasteiger partial charge in [-0.2, -0.15) is 0 Å². The highest BCUT2D eigenvalue weighted by Crippen LogP contribution is 2.57. The Morgan fingerprint density at radius 1 is 1.23 bits per heavy atom. The van der Waals surface area contributed by atoms with Crippen molar-refractivity contribution in [3.05, 3.63) is 59.0 Å². The van der Waals surface area contributed by atoms with Gasteiger partial charge in [0.05, 0.1) is 23.8 Å². The number of hydrogen-bond acceptors (Lipinski definition) is 3. The Morgan fingerprint density at radius 2 is 2.08 bits per heavy atom. The van der Waals surface area contributed by atoms with Crippen LogP contribution in [0, 0.1) is 0 Å². The third-order valence-electron chi connectivity index (χ3n) is 5.63. The lowest BCUT2D eigenvalue weighted by atomic mass is 9.99. The number of carbonyl (C=O) groups is 1. The van der Waals surface area contributed by atoms with Crippen molar-refractivity contribution in [1.29, 1.82) is 0 Å². The molecule has 3 aromatic rings. The van der Waals surface area contributed by atoms with Crippen molar-refractivity contribution in [2.24, 2.45) is 5.73 Å². The minimum atomic E-state index is -0.299. The van der Waals surface area contributed by atoms with E-state index in [0.717, 1.165) is 40.7 Å². The number of halogens is 1. The maximum Gasteiger partial charge on any atom is 0.238 e. The number of hydrogen-bond donors (Lipinski definition) is 1. The largest absolute Gasteiger partial charge is 0.342 e. The molecule has 0 atom stereocenters. The van der Waals surface area contributed by atoms with Crippen LogP contribution in [-0.2, 0) is 23.3 Å². The van der Waals surface area contributed by atoms with Crippen LogP contribution in [0.25, 0.3) is 10.9 Å². The molecule has 1 amide bonds. The van der Waals surface area contributed by atoms with Gasteiger partial charge >= 0.3 is 0 Å². The fourth-order valence-corrected chi connectivity index (χ4v) is 4.42. The fourth-order valence-electron chi connectivity index (χ4n) is 4.24. The number of amides is 1. The Labute approximate surface area is 156 Å². The van der Waals surface area contributed by atoms with Gasteiger partial charge in [-0.05, 0) is 48.7 Å². The van der Waals surface area contributed by atoms with Gasteiger partial charge in [0.15, 0.2) is 0 Å². The van der Waals surface area contributed by atoms with Crippen molar-refractivity contribution < 1.29 is 4.79 Å². The molecule has 3 heterocycles. The van der Waals surface area contributed by atoms with E-state index in [-0.39, 0.29) is 11.3 Å². The van der Waals surface area contributed by atoms with Crippen molar-refractivity contribution in [3.63, 3.8) is 0 Å². The van der Waals surface area contributed by atoms with Crippen molar-refractivity contribution in [2.45, 2.75) is 31.3 Å². The Kier molecular flexibility index (Phi) is 3.39. The molecule has 2 aliphatic rings. The molecule has 5 rings (SSSR count). The topological polar surface area (TPSA) is 64.2 Å². The van der Waals surface area contributed by atoms with Crippen LogP contribution < -0.4 is 10.6 Å². The highest BCUT2D eigenvalue weighted by Gasteiger charge is 2.59. The van der Waals surface area contributed by atoms with Crippen molar-refractivity contribution in [2.75, 3.05) is 11.4 Å². The van der Waals surface area contributed by atoms with Gasteiger partial charge in [0, 0.05) is 40.9 Å². The molecular weight excluding hydrogens is 348 g/mol. The molecule has 1 aliphatic heterocycles. The maximum atomic E-state index is 13.1. The van der Waals surface area contributed by atoms with Crippen LogP contribution in [0.4, 0.5) is 5.69 Å². The van der Waals surface area contributed by atoms with Gasteiger partial charge in [0.25, 0.3) is 0 Å². The smallest absolute Gasteiger partial charge is 0.238 e. The van der Waals surface area contributed by atoms with E-state index in [4.69, 9.17) is 17.3 Å². The molecule has 0 bridgehead atoms. The number of nitrogens with zero attached hydrogens (tertiary/aromatic N) is 3. The predicted octanol–water partition coefficient (Wildman–Crippen LogP) is 3.23. The monoisotopic (exact) mass is 366 g/mol. The Morgan fingerprint density at radius 3 is 2.85 bits per heavy atom. The summed E-state index contributed by atoms with van der Waals surface area (Å²) < 4.78 is 2.19. The summed E-state index contributed by atoms with van der Waals surface area (Å²) in [5, 5.41) is 1.78. The summed E-state index contributed by atoms with van der Waals surface area (Å²) in [6.45, 7) is 1.76. The van der Waals surface area contributed by atoms with E-state index in [1.807, 2.05) is 35.4 Å². The number of carbonyl (C=O) groups excluding carboxylic acids is 1. The van der Waals surface area contributed by atoms with Crippen molar-refractivity contribution in [3.8, 4) is 0 Å². The van der Waals surface area contributed by atoms with Gasteiger partial charge in [-0.3, -0.25) is 9.78 Å². The molecule has 1 fully saturated rings. The van der Waals surface area contributed by atoms with E-state index < -0.39 is 0 Å². The predicted molar refractivity (Wildman–Crippen MR) is 102 cm³/mol. The number of fused-ring (bicyclic) bond motifs is 3. The summed E-state index contributed by atoms with van der Waals surface area (Å²) in [6, 6.07) is 9.96. The van der Waals surface area contributed by atoms with Crippen LogP contribution in [-0.4, -0.2) is 22.0 Å². The number of rotatable bonds is 4. The first kappa shape index (κ1) is 15.9. The molecule has 2 N–H and O–H groups in total. The second-order valence-corrected chi connectivity index (χ2v) is 7.58. The van der Waals surface area contributed by atoms with Crippen LogP contribution in [0.3, 0.4) is 0 Å². The molecule has 1 saturated carbocycles. The second-order valence-electron chi connectivity index (χ2n) is 7.15. The molecule has 132 valence electrons. The summed E-state index contributed by atoms with van der Waals surface area (Å²) in [6.07, 6.45) is 5.46. The highest BCUT2D eigenvalue weighted by molar-refractivity contribution is 6.31. The molecule has 1 aliphatic carbocycles. The van der Waals surface area contributed by atoms with Crippen LogP contribution in [0.5, 0.6) is 0 Å². The van der Waals surface area contributed by atoms with E-state index in [2.05, 4.69) is 15.6 Å². The number of pyridine rings is 1. The van der Waals surface area contributed by atoms with Crippen molar-refractivity contribution >= 4 is 34.1 Å². The van der Waals surface area contributed by atoms with E-state index in [1.165, 1.54) is 0 Å². The first-order valence-electron chi connectivity index (χ1n) is 8.88. The third kappa shape index (κ3) is 2.14. The van der Waals surface area contributed by atoms with E-state index in [0.29, 0.717) is 24.7 Å². The van der Waals surface area contributed by atoms with Gasteiger partial charge < -0.3 is 15.2 Å². The molecule has 1 spiro atoms. The molecule has 5 nitrogen and oxygen atoms in total. The summed E-state index contributed by atoms with van der Waals surface area (Å²) in [4.78, 5) is 19.3. The van der Waals surface area contributed by atoms with Gasteiger partial charge in [0.2, 0.25) is 5.91 Å². The maximum absolute atomic E-state index is 13.1. The first-order valence-corrected chi connectivity index (χ1v) is 9.26. The van der Waals surface area contributed by atoms with Crippen LogP contribution in [0.15, 0.2) is 42.7 Å². The molecule has 0 radical (unpaired) electrons. The zero-order valence-corrected chi connectivity index (χ0v) is 15.0. The standard InChI is InChI=1S/C20H19ClN4O/c21-14-1-2-17-13(9-14)10-15(24(17)8-6-22)12-25-18-11-23-7-3-16(18)20(4-5-20)19(25)26/h1-3,7,9-11H,4-6,8,12,22H2. The lowest BCUT2D eigenvalue weighted by Gasteiger charge is -2.19. The number of benzene rings is 1. The minimum Gasteiger partial charge on any atom is -0.342 e. The van der Waals surface area contributed by atoms with E-state index >= 15 is 0 Å². The summed E-state index contributed by atoms with van der Waals surface area (Å²) in [5.74, 6) is 0.197. The third-order valence-corrected chi connectivity index (χ3v) is 5.87. The Hall–Kier alpha value is -2.37. The molecule has 1 aromatic carbocycles. The Balaban J connectivity index is 1.60. The lowest BCUT2D eigenvalue weighted by molar-refractivity contribution is -0.120. The van der Waals surface area contributed by atoms with Gasteiger partial charge in [-0.15, -0.1) is 0 Å². The van der Waals surface area contributed by atoms with E-state index in [9.17, 15) is 4.79 Å². The number of nitrogens with two attached hydrogens (primary N) is 1. The summed E-state index contributed by atoms with van der Waals surface area (Å²) in [5.41, 5.74) is 9.76. The van der Waals surface area contributed by atoms with Gasteiger partial charge in [-0.25, -0.2) is 0 Å². The number of aromatic nitrogens is 2. The van der Waals surface area contributed by atoms with Crippen LogP contribution in [0.1, 0.15) is 24.1 Å². The molecule has 6 heteroatoms. The normalized spacial score (nSPS) is 17.3. The van der Waals surface area contributed by atoms with Crippen LogP contribution in [0.2, 0.25) is 5.02 Å². The average molecular weight is 367 g/mol. The second kappa shape index (κ2) is 5.56. The average Bonchev–Trinajstić information content (AvgIpc) is 3.34. The fraction of sp³-hybridized carbons (Fsp3) is 0.300. The molecule has 26 heavy (non-hydrogen) atoms. The lowest BCUT2D eigenvalue weighted by Crippen LogP contribution is -2.32. The van der Waals surface area contributed by atoms with Crippen LogP contribution >= 0.6 is 11.6 Å². The first-order chi connectivity index (χ1) is 12.6. The molecule has 0 saturated heterocycles. The summed E-state index contributed by atoms with van der Waals surface area (Å²) >= 11 is 6.16. The quantitative estimate of drug-likeness (QED) is 0.771. The summed E-state index contributed by atoms with van der Waals surface area (Å²) in [7, 11) is 0. The highest BCUT2D eigenvalue weighted by atomic mass is 35.5. The van der Waals surface area contributed by atoms with E-state index in [1.54, 1.807) is 6.20 Å². The Bertz CT molecular complexity index is 1040. The molecular formula is C20H19ClN4O. The van der Waals surface area contributed by atoms with Crippen molar-refractivity contribution in [1.82, 2.24) is 9.55 Å². The minimum absolute atomic E-state index is 0.197. The number of anilines is 1. The van der Waals surface area contributed by atoms with Gasteiger partial charge in [0.1, 0.15) is 0 Å². The zero-order chi connectivity index (χ0) is 17.9. The SMILES string of the molecule is NCCn1c(CN2C(=O)C3(CC3)c3ccncc32)cc2cc(Cl)ccc21. The van der Waals surface area contributed by atoms with Gasteiger partial charge in [-0.1, -0.05) is 11.6 Å². The molecule has 0 unspecified atom stereocenters.